The molecule has 1 unspecified atom stereocenters. The lowest BCUT2D eigenvalue weighted by Crippen LogP contribution is -2.36. The van der Waals surface area contributed by atoms with E-state index >= 15 is 0 Å². The topological polar surface area (TPSA) is 68.0 Å². The fourth-order valence-electron chi connectivity index (χ4n) is 2.75. The lowest BCUT2D eigenvalue weighted by Gasteiger charge is -2.18. The fourth-order valence-corrected chi connectivity index (χ4v) is 3.68. The molecule has 3 heterocycles. The molecule has 6 heteroatoms. The maximum Gasteiger partial charge on any atom is 0.259 e. The van der Waals surface area contributed by atoms with Crippen LogP contribution < -0.4 is 5.32 Å². The molecule has 0 saturated heterocycles. The maximum absolute atomic E-state index is 12.9. The molecule has 0 aliphatic rings. The fraction of sp³-hybridized carbons (Fsp3) is 0.421. The first kappa shape index (κ1) is 17.6. The number of aryl methyl sites for hydroxylation is 3. The van der Waals surface area contributed by atoms with Crippen LogP contribution in [0.2, 0.25) is 0 Å². The van der Waals surface area contributed by atoms with Crippen molar-refractivity contribution in [1.29, 1.82) is 0 Å². The van der Waals surface area contributed by atoms with Crippen molar-refractivity contribution in [2.24, 2.45) is 5.92 Å². The summed E-state index contributed by atoms with van der Waals surface area (Å²) in [6.07, 6.45) is 0. The van der Waals surface area contributed by atoms with Crippen LogP contribution in [0, 0.1) is 26.7 Å². The minimum absolute atomic E-state index is 0.0736. The van der Waals surface area contributed by atoms with Crippen LogP contribution in [-0.4, -0.2) is 22.1 Å². The lowest BCUT2D eigenvalue weighted by molar-refractivity contribution is 0.0932. The number of pyridine rings is 1. The minimum atomic E-state index is -0.120. The highest BCUT2D eigenvalue weighted by Crippen LogP contribution is 2.32. The van der Waals surface area contributed by atoms with Crippen molar-refractivity contribution in [1.82, 2.24) is 15.5 Å². The Labute approximate surface area is 151 Å². The first-order valence-electron chi connectivity index (χ1n) is 8.43. The SMILES string of the molecule is Cc1cc(-c2cc(C(=O)NC(C)C(C)C)c3c(C)noc3n2)c(C)s1. The quantitative estimate of drug-likeness (QED) is 0.738. The second-order valence-corrected chi connectivity index (χ2v) is 8.30. The van der Waals surface area contributed by atoms with Crippen molar-refractivity contribution in [2.75, 3.05) is 0 Å². The number of rotatable bonds is 4. The molecule has 0 aromatic carbocycles. The Balaban J connectivity index is 2.14. The molecule has 0 fully saturated rings. The number of hydrogen-bond donors (Lipinski definition) is 1. The van der Waals surface area contributed by atoms with Crippen LogP contribution in [0.4, 0.5) is 0 Å². The van der Waals surface area contributed by atoms with Crippen LogP contribution in [0.1, 0.15) is 46.6 Å². The average Bonchev–Trinajstić information content (AvgIpc) is 3.08. The summed E-state index contributed by atoms with van der Waals surface area (Å²) in [4.78, 5) is 19.9. The first-order chi connectivity index (χ1) is 11.8. The highest BCUT2D eigenvalue weighted by atomic mass is 32.1. The van der Waals surface area contributed by atoms with Gasteiger partial charge in [-0.25, -0.2) is 4.98 Å². The van der Waals surface area contributed by atoms with Gasteiger partial charge in [0.05, 0.1) is 22.3 Å². The van der Waals surface area contributed by atoms with Crippen LogP contribution >= 0.6 is 11.3 Å². The Kier molecular flexibility index (Phi) is 4.64. The van der Waals surface area contributed by atoms with Crippen LogP contribution in [-0.2, 0) is 0 Å². The predicted octanol–water partition coefficient (Wildman–Crippen LogP) is 4.65. The number of carbonyl (C=O) groups is 1. The van der Waals surface area contributed by atoms with E-state index < -0.39 is 0 Å². The van der Waals surface area contributed by atoms with Gasteiger partial charge in [-0.05, 0) is 45.7 Å². The largest absolute Gasteiger partial charge is 0.349 e. The number of nitrogens with zero attached hydrogens (tertiary/aromatic N) is 2. The summed E-state index contributed by atoms with van der Waals surface area (Å²) in [7, 11) is 0. The third kappa shape index (κ3) is 3.31. The summed E-state index contributed by atoms with van der Waals surface area (Å²) >= 11 is 1.72. The van der Waals surface area contributed by atoms with Gasteiger partial charge < -0.3 is 9.84 Å². The van der Waals surface area contributed by atoms with Gasteiger partial charge in [-0.3, -0.25) is 4.79 Å². The van der Waals surface area contributed by atoms with Crippen LogP contribution in [0.5, 0.6) is 0 Å². The van der Waals surface area contributed by atoms with Crippen molar-refractivity contribution in [3.8, 4) is 11.3 Å². The van der Waals surface area contributed by atoms with Crippen LogP contribution in [0.25, 0.3) is 22.4 Å². The second-order valence-electron chi connectivity index (χ2n) is 6.84. The van der Waals surface area contributed by atoms with E-state index in [4.69, 9.17) is 4.52 Å². The average molecular weight is 357 g/mol. The van der Waals surface area contributed by atoms with Crippen LogP contribution in [0.15, 0.2) is 16.7 Å². The number of amides is 1. The molecule has 0 radical (unpaired) electrons. The third-order valence-corrected chi connectivity index (χ3v) is 5.50. The number of aromatic nitrogens is 2. The van der Waals surface area contributed by atoms with Crippen molar-refractivity contribution < 1.29 is 9.32 Å². The summed E-state index contributed by atoms with van der Waals surface area (Å²) in [6.45, 7) is 12.1. The predicted molar refractivity (Wildman–Crippen MR) is 101 cm³/mol. The summed E-state index contributed by atoms with van der Waals surface area (Å²) in [5.41, 5.74) is 3.42. The highest BCUT2D eigenvalue weighted by molar-refractivity contribution is 7.12. The number of thiophene rings is 1. The van der Waals surface area contributed by atoms with Crippen molar-refractivity contribution in [3.63, 3.8) is 0 Å². The number of nitrogens with one attached hydrogen (secondary N) is 1. The maximum atomic E-state index is 12.9. The van der Waals surface area contributed by atoms with Gasteiger partial charge in [-0.1, -0.05) is 19.0 Å². The molecule has 0 saturated carbocycles. The number of hydrogen-bond acceptors (Lipinski definition) is 5. The van der Waals surface area contributed by atoms with E-state index in [-0.39, 0.29) is 11.9 Å². The Bertz CT molecular complexity index is 940. The molecule has 3 aromatic heterocycles. The van der Waals surface area contributed by atoms with Gasteiger partial charge in [0.15, 0.2) is 0 Å². The van der Waals surface area contributed by atoms with Crippen LogP contribution in [0.3, 0.4) is 0 Å². The smallest absolute Gasteiger partial charge is 0.259 e. The van der Waals surface area contributed by atoms with E-state index in [1.54, 1.807) is 11.3 Å². The summed E-state index contributed by atoms with van der Waals surface area (Å²) in [6, 6.07) is 4.02. The van der Waals surface area contributed by atoms with Gasteiger partial charge >= 0.3 is 0 Å². The lowest BCUT2D eigenvalue weighted by atomic mass is 10.0. The standard InChI is InChI=1S/C19H23N3O2S/c1-9(2)11(4)20-18(23)15-8-16(14-7-10(3)25-13(14)6)21-19-17(15)12(5)22-24-19/h7-9,11H,1-6H3,(H,20,23). The van der Waals surface area contributed by atoms with Crippen molar-refractivity contribution in [2.45, 2.75) is 47.6 Å². The molecule has 0 aliphatic carbocycles. The molecular formula is C19H23N3O2S. The molecule has 1 atom stereocenters. The van der Waals surface area contributed by atoms with Gasteiger partial charge in [0.1, 0.15) is 0 Å². The molecule has 25 heavy (non-hydrogen) atoms. The molecule has 0 bridgehead atoms. The van der Waals surface area contributed by atoms with Gasteiger partial charge in [0.25, 0.3) is 11.6 Å². The monoisotopic (exact) mass is 357 g/mol. The summed E-state index contributed by atoms with van der Waals surface area (Å²) in [5.74, 6) is 0.233. The molecule has 132 valence electrons. The third-order valence-electron chi connectivity index (χ3n) is 4.54. The van der Waals surface area contributed by atoms with E-state index in [0.29, 0.717) is 28.3 Å². The van der Waals surface area contributed by atoms with E-state index in [0.717, 1.165) is 11.3 Å². The van der Waals surface area contributed by atoms with E-state index in [1.165, 1.54) is 9.75 Å². The Morgan fingerprint density at radius 3 is 2.52 bits per heavy atom. The van der Waals surface area contributed by atoms with Gasteiger partial charge in [0.2, 0.25) is 0 Å². The molecule has 1 N–H and O–H groups in total. The zero-order valence-corrected chi connectivity index (χ0v) is 16.2. The molecule has 3 rings (SSSR count). The normalized spacial score (nSPS) is 12.8. The van der Waals surface area contributed by atoms with E-state index in [1.807, 2.05) is 19.9 Å². The minimum Gasteiger partial charge on any atom is -0.349 e. The molecule has 3 aromatic rings. The highest BCUT2D eigenvalue weighted by Gasteiger charge is 2.22. The summed E-state index contributed by atoms with van der Waals surface area (Å²) in [5, 5.41) is 7.75. The van der Waals surface area contributed by atoms with E-state index in [9.17, 15) is 4.79 Å². The second kappa shape index (κ2) is 6.59. The number of carbonyl (C=O) groups excluding carboxylic acids is 1. The first-order valence-corrected chi connectivity index (χ1v) is 9.25. The molecular weight excluding hydrogens is 334 g/mol. The zero-order chi connectivity index (χ0) is 18.3. The van der Waals surface area contributed by atoms with Crippen molar-refractivity contribution >= 4 is 28.3 Å². The molecule has 0 aliphatic heterocycles. The molecule has 0 spiro atoms. The van der Waals surface area contributed by atoms with Gasteiger partial charge in [-0.15, -0.1) is 11.3 Å². The molecule has 5 nitrogen and oxygen atoms in total. The van der Waals surface area contributed by atoms with Gasteiger partial charge in [-0.2, -0.15) is 0 Å². The zero-order valence-electron chi connectivity index (χ0n) is 15.4. The Morgan fingerprint density at radius 1 is 1.20 bits per heavy atom. The Hall–Kier alpha value is -2.21. The number of fused-ring (bicyclic) bond motifs is 1. The Morgan fingerprint density at radius 2 is 1.92 bits per heavy atom. The summed E-state index contributed by atoms with van der Waals surface area (Å²) < 4.78 is 5.36. The van der Waals surface area contributed by atoms with Gasteiger partial charge in [0, 0.05) is 21.4 Å². The van der Waals surface area contributed by atoms with E-state index in [2.05, 4.69) is 49.2 Å². The molecule has 1 amide bonds. The van der Waals surface area contributed by atoms with Crippen molar-refractivity contribution in [3.05, 3.63) is 33.1 Å².